The maximum atomic E-state index is 11.7. The van der Waals surface area contributed by atoms with Gasteiger partial charge in [0, 0.05) is 6.42 Å². The summed E-state index contributed by atoms with van der Waals surface area (Å²) in [4.78, 5) is 11.7. The van der Waals surface area contributed by atoms with Gasteiger partial charge in [-0.05, 0) is 43.6 Å². The molecule has 0 amide bonds. The average Bonchev–Trinajstić information content (AvgIpc) is 2.18. The largest absolute Gasteiger partial charge is 0.295 e. The predicted octanol–water partition coefficient (Wildman–Crippen LogP) is 3.88. The lowest BCUT2D eigenvalue weighted by atomic mass is 9.93. The van der Waals surface area contributed by atoms with E-state index in [1.165, 1.54) is 19.3 Å². The Morgan fingerprint density at radius 2 is 2.21 bits per heavy atom. The number of rotatable bonds is 5. The third-order valence-corrected chi connectivity index (χ3v) is 2.83. The van der Waals surface area contributed by atoms with Crippen LogP contribution in [-0.4, -0.2) is 5.78 Å². The first kappa shape index (κ1) is 11.5. The topological polar surface area (TPSA) is 17.1 Å². The Kier molecular flexibility index (Phi) is 4.92. The molecule has 0 heterocycles. The molecule has 0 N–H and O–H groups in total. The number of allylic oxidation sites excluding steroid dienone is 2. The van der Waals surface area contributed by atoms with E-state index in [2.05, 4.69) is 19.9 Å². The van der Waals surface area contributed by atoms with Crippen molar-refractivity contribution in [2.45, 2.75) is 58.8 Å². The molecule has 1 rings (SSSR count). The van der Waals surface area contributed by atoms with Crippen molar-refractivity contribution >= 4 is 5.78 Å². The quantitative estimate of drug-likeness (QED) is 0.649. The summed E-state index contributed by atoms with van der Waals surface area (Å²) in [6.07, 6.45) is 9.79. The molecule has 0 saturated carbocycles. The van der Waals surface area contributed by atoms with Gasteiger partial charge in [-0.15, -0.1) is 0 Å². The van der Waals surface area contributed by atoms with Gasteiger partial charge in [-0.2, -0.15) is 0 Å². The fourth-order valence-electron chi connectivity index (χ4n) is 1.92. The minimum Gasteiger partial charge on any atom is -0.295 e. The molecule has 80 valence electrons. The van der Waals surface area contributed by atoms with Gasteiger partial charge in [-0.3, -0.25) is 4.79 Å². The van der Waals surface area contributed by atoms with Crippen LogP contribution in [0, 0.1) is 5.92 Å². The maximum Gasteiger partial charge on any atom is 0.158 e. The van der Waals surface area contributed by atoms with E-state index >= 15 is 0 Å². The van der Waals surface area contributed by atoms with E-state index in [0.717, 1.165) is 37.2 Å². The molecule has 1 nitrogen and oxygen atoms in total. The van der Waals surface area contributed by atoms with E-state index in [4.69, 9.17) is 0 Å². The second kappa shape index (κ2) is 6.00. The van der Waals surface area contributed by atoms with Crippen LogP contribution in [0.1, 0.15) is 58.8 Å². The molecule has 0 saturated heterocycles. The molecule has 1 aliphatic rings. The van der Waals surface area contributed by atoms with Crippen LogP contribution in [0.4, 0.5) is 0 Å². The highest BCUT2D eigenvalue weighted by Gasteiger charge is 2.11. The highest BCUT2D eigenvalue weighted by Crippen LogP contribution is 2.20. The van der Waals surface area contributed by atoms with Crippen LogP contribution in [0.5, 0.6) is 0 Å². The number of hydrogen-bond donors (Lipinski definition) is 0. The molecule has 1 aliphatic carbocycles. The first-order valence-electron chi connectivity index (χ1n) is 5.92. The van der Waals surface area contributed by atoms with Gasteiger partial charge < -0.3 is 0 Å². The lowest BCUT2D eigenvalue weighted by molar-refractivity contribution is -0.115. The zero-order valence-corrected chi connectivity index (χ0v) is 9.51. The number of ketones is 1. The van der Waals surface area contributed by atoms with E-state index in [0.29, 0.717) is 5.78 Å². The molecule has 0 aromatic carbocycles. The normalized spacial score (nSPS) is 16.9. The maximum absolute atomic E-state index is 11.7. The van der Waals surface area contributed by atoms with E-state index < -0.39 is 0 Å². The van der Waals surface area contributed by atoms with Gasteiger partial charge >= 0.3 is 0 Å². The second-order valence-corrected chi connectivity index (χ2v) is 4.68. The fourth-order valence-corrected chi connectivity index (χ4v) is 1.92. The van der Waals surface area contributed by atoms with Crippen LogP contribution in [0.3, 0.4) is 0 Å². The standard InChI is InChI=1S/C13H22O/c1-11(2)7-6-10-13(14)12-8-4-3-5-9-12/h8,11H,3-7,9-10H2,1-2H3. The van der Waals surface area contributed by atoms with Gasteiger partial charge in [0.1, 0.15) is 0 Å². The van der Waals surface area contributed by atoms with Crippen LogP contribution in [0.15, 0.2) is 11.6 Å². The highest BCUT2D eigenvalue weighted by molar-refractivity contribution is 5.95. The molecular weight excluding hydrogens is 172 g/mol. The molecule has 0 aliphatic heterocycles. The van der Waals surface area contributed by atoms with Crippen molar-refractivity contribution in [2.24, 2.45) is 5.92 Å². The fraction of sp³-hybridized carbons (Fsp3) is 0.769. The smallest absolute Gasteiger partial charge is 0.158 e. The SMILES string of the molecule is CC(C)CCCC(=O)C1=CCCCC1. The predicted molar refractivity (Wildman–Crippen MR) is 60.2 cm³/mol. The van der Waals surface area contributed by atoms with Gasteiger partial charge in [0.25, 0.3) is 0 Å². The lowest BCUT2D eigenvalue weighted by Gasteiger charge is -2.11. The Balaban J connectivity index is 2.24. The summed E-state index contributed by atoms with van der Waals surface area (Å²) in [6, 6.07) is 0. The molecule has 0 aromatic heterocycles. The van der Waals surface area contributed by atoms with Crippen LogP contribution in [0.25, 0.3) is 0 Å². The van der Waals surface area contributed by atoms with E-state index in [9.17, 15) is 4.79 Å². The van der Waals surface area contributed by atoms with Gasteiger partial charge in [0.05, 0.1) is 0 Å². The van der Waals surface area contributed by atoms with Crippen molar-refractivity contribution in [1.29, 1.82) is 0 Å². The van der Waals surface area contributed by atoms with Crippen molar-refractivity contribution in [3.05, 3.63) is 11.6 Å². The highest BCUT2D eigenvalue weighted by atomic mass is 16.1. The zero-order valence-electron chi connectivity index (χ0n) is 9.51. The van der Waals surface area contributed by atoms with Crippen molar-refractivity contribution in [2.75, 3.05) is 0 Å². The Bertz CT molecular complexity index is 213. The average molecular weight is 194 g/mol. The van der Waals surface area contributed by atoms with Crippen LogP contribution in [0.2, 0.25) is 0 Å². The Hall–Kier alpha value is -0.590. The number of Topliss-reactive ketones (excluding diaryl/α,β-unsaturated/α-hetero) is 1. The van der Waals surface area contributed by atoms with E-state index in [1.807, 2.05) is 0 Å². The van der Waals surface area contributed by atoms with Crippen molar-refractivity contribution in [1.82, 2.24) is 0 Å². The van der Waals surface area contributed by atoms with E-state index in [1.54, 1.807) is 0 Å². The van der Waals surface area contributed by atoms with E-state index in [-0.39, 0.29) is 0 Å². The summed E-state index contributed by atoms with van der Waals surface area (Å²) < 4.78 is 0. The Morgan fingerprint density at radius 1 is 1.43 bits per heavy atom. The lowest BCUT2D eigenvalue weighted by Crippen LogP contribution is -2.06. The van der Waals surface area contributed by atoms with Crippen LogP contribution in [-0.2, 0) is 4.79 Å². The first-order chi connectivity index (χ1) is 6.70. The summed E-state index contributed by atoms with van der Waals surface area (Å²) in [6.45, 7) is 4.43. The summed E-state index contributed by atoms with van der Waals surface area (Å²) >= 11 is 0. The number of carbonyl (C=O) groups is 1. The second-order valence-electron chi connectivity index (χ2n) is 4.68. The summed E-state index contributed by atoms with van der Waals surface area (Å²) in [5.74, 6) is 1.13. The monoisotopic (exact) mass is 194 g/mol. The van der Waals surface area contributed by atoms with Gasteiger partial charge in [0.2, 0.25) is 0 Å². The molecule has 0 fully saturated rings. The molecule has 0 bridgehead atoms. The molecular formula is C13H22O. The van der Waals surface area contributed by atoms with Gasteiger partial charge in [-0.25, -0.2) is 0 Å². The zero-order chi connectivity index (χ0) is 10.4. The molecule has 0 unspecified atom stereocenters. The first-order valence-corrected chi connectivity index (χ1v) is 5.92. The van der Waals surface area contributed by atoms with Crippen molar-refractivity contribution < 1.29 is 4.79 Å². The minimum absolute atomic E-state index is 0.408. The summed E-state index contributed by atoms with van der Waals surface area (Å²) in [5, 5.41) is 0. The molecule has 14 heavy (non-hydrogen) atoms. The molecule has 1 heteroatoms. The summed E-state index contributed by atoms with van der Waals surface area (Å²) in [7, 11) is 0. The van der Waals surface area contributed by atoms with Crippen molar-refractivity contribution in [3.63, 3.8) is 0 Å². The van der Waals surface area contributed by atoms with Gasteiger partial charge in [-0.1, -0.05) is 26.3 Å². The van der Waals surface area contributed by atoms with Crippen molar-refractivity contribution in [3.8, 4) is 0 Å². The minimum atomic E-state index is 0.408. The summed E-state index contributed by atoms with van der Waals surface area (Å²) in [5.41, 5.74) is 1.11. The Labute approximate surface area is 87.6 Å². The number of carbonyl (C=O) groups excluding carboxylic acids is 1. The third kappa shape index (κ3) is 4.08. The van der Waals surface area contributed by atoms with Crippen LogP contribution >= 0.6 is 0 Å². The molecule has 0 spiro atoms. The third-order valence-electron chi connectivity index (χ3n) is 2.83. The van der Waals surface area contributed by atoms with Gasteiger partial charge in [0.15, 0.2) is 5.78 Å². The molecule has 0 radical (unpaired) electrons. The van der Waals surface area contributed by atoms with Crippen LogP contribution < -0.4 is 0 Å². The Morgan fingerprint density at radius 3 is 2.79 bits per heavy atom. The molecule has 0 aromatic rings. The molecule has 0 atom stereocenters. The number of hydrogen-bond acceptors (Lipinski definition) is 1.